The van der Waals surface area contributed by atoms with E-state index >= 15 is 0 Å². The zero-order chi connectivity index (χ0) is 10.4. The molecule has 0 aromatic carbocycles. The van der Waals surface area contributed by atoms with Gasteiger partial charge in [-0.15, -0.1) is 11.6 Å². The SMILES string of the molecule is CCC(C)(CCCl)Nc1ncccn1. The molecule has 4 heteroatoms. The van der Waals surface area contributed by atoms with Crippen molar-refractivity contribution in [1.29, 1.82) is 0 Å². The Hall–Kier alpha value is -0.830. The monoisotopic (exact) mass is 213 g/mol. The second-order valence-electron chi connectivity index (χ2n) is 3.55. The Morgan fingerprint density at radius 2 is 2.07 bits per heavy atom. The summed E-state index contributed by atoms with van der Waals surface area (Å²) >= 11 is 5.75. The summed E-state index contributed by atoms with van der Waals surface area (Å²) in [6.45, 7) is 4.26. The molecule has 0 aliphatic carbocycles. The molecule has 1 rings (SSSR count). The van der Waals surface area contributed by atoms with Crippen LogP contribution >= 0.6 is 11.6 Å². The van der Waals surface area contributed by atoms with Crippen molar-refractivity contribution in [2.24, 2.45) is 0 Å². The van der Waals surface area contributed by atoms with Gasteiger partial charge in [0, 0.05) is 23.8 Å². The molecular weight excluding hydrogens is 198 g/mol. The highest BCUT2D eigenvalue weighted by Crippen LogP contribution is 2.19. The molecule has 1 heterocycles. The van der Waals surface area contributed by atoms with Crippen molar-refractivity contribution in [2.45, 2.75) is 32.2 Å². The normalized spacial score (nSPS) is 14.8. The fraction of sp³-hybridized carbons (Fsp3) is 0.600. The number of rotatable bonds is 5. The molecule has 78 valence electrons. The molecule has 0 aliphatic rings. The van der Waals surface area contributed by atoms with Crippen molar-refractivity contribution in [3.63, 3.8) is 0 Å². The Balaban J connectivity index is 2.65. The van der Waals surface area contributed by atoms with E-state index in [1.54, 1.807) is 18.5 Å². The Morgan fingerprint density at radius 3 is 2.57 bits per heavy atom. The van der Waals surface area contributed by atoms with E-state index in [4.69, 9.17) is 11.6 Å². The summed E-state index contributed by atoms with van der Waals surface area (Å²) in [5, 5.41) is 3.30. The van der Waals surface area contributed by atoms with Crippen molar-refractivity contribution in [2.75, 3.05) is 11.2 Å². The summed E-state index contributed by atoms with van der Waals surface area (Å²) in [4.78, 5) is 8.26. The number of anilines is 1. The molecule has 0 saturated heterocycles. The van der Waals surface area contributed by atoms with Gasteiger partial charge < -0.3 is 5.32 Å². The highest BCUT2D eigenvalue weighted by Gasteiger charge is 2.21. The quantitative estimate of drug-likeness (QED) is 0.765. The lowest BCUT2D eigenvalue weighted by molar-refractivity contribution is 0.477. The van der Waals surface area contributed by atoms with E-state index in [9.17, 15) is 0 Å². The predicted molar refractivity (Wildman–Crippen MR) is 59.7 cm³/mol. The number of hydrogen-bond donors (Lipinski definition) is 1. The maximum Gasteiger partial charge on any atom is 0.222 e. The topological polar surface area (TPSA) is 37.8 Å². The molecule has 14 heavy (non-hydrogen) atoms. The number of aromatic nitrogens is 2. The van der Waals surface area contributed by atoms with Gasteiger partial charge in [-0.2, -0.15) is 0 Å². The molecule has 0 fully saturated rings. The van der Waals surface area contributed by atoms with Crippen molar-refractivity contribution in [3.05, 3.63) is 18.5 Å². The zero-order valence-electron chi connectivity index (χ0n) is 8.63. The van der Waals surface area contributed by atoms with Crippen LogP contribution in [0.5, 0.6) is 0 Å². The second kappa shape index (κ2) is 5.15. The van der Waals surface area contributed by atoms with Crippen molar-refractivity contribution >= 4 is 17.5 Å². The molecule has 3 nitrogen and oxygen atoms in total. The molecule has 1 aromatic heterocycles. The molecule has 1 N–H and O–H groups in total. The van der Waals surface area contributed by atoms with Crippen LogP contribution < -0.4 is 5.32 Å². The first-order chi connectivity index (χ1) is 6.70. The van der Waals surface area contributed by atoms with Gasteiger partial charge >= 0.3 is 0 Å². The average Bonchev–Trinajstić information content (AvgIpc) is 2.20. The summed E-state index contributed by atoms with van der Waals surface area (Å²) in [5.41, 5.74) is -0.0108. The highest BCUT2D eigenvalue weighted by atomic mass is 35.5. The number of halogens is 1. The fourth-order valence-corrected chi connectivity index (χ4v) is 1.59. The van der Waals surface area contributed by atoms with Gasteiger partial charge in [0.15, 0.2) is 0 Å². The molecule has 1 atom stereocenters. The lowest BCUT2D eigenvalue weighted by Gasteiger charge is -2.28. The van der Waals surface area contributed by atoms with E-state index in [1.807, 2.05) is 0 Å². The first-order valence-corrected chi connectivity index (χ1v) is 5.35. The van der Waals surface area contributed by atoms with Crippen LogP contribution in [-0.4, -0.2) is 21.4 Å². The molecule has 1 aromatic rings. The van der Waals surface area contributed by atoms with Crippen LogP contribution in [0.3, 0.4) is 0 Å². The number of hydrogen-bond acceptors (Lipinski definition) is 3. The minimum Gasteiger partial charge on any atom is -0.349 e. The average molecular weight is 214 g/mol. The number of nitrogens with zero attached hydrogens (tertiary/aromatic N) is 2. The first kappa shape index (κ1) is 11.2. The molecule has 0 aliphatic heterocycles. The van der Waals surface area contributed by atoms with Gasteiger partial charge in [0.1, 0.15) is 0 Å². The number of nitrogens with one attached hydrogen (secondary N) is 1. The molecule has 1 unspecified atom stereocenters. The van der Waals surface area contributed by atoms with E-state index in [-0.39, 0.29) is 5.54 Å². The molecular formula is C10H16ClN3. The van der Waals surface area contributed by atoms with Gasteiger partial charge in [-0.1, -0.05) is 6.92 Å². The molecule has 0 saturated carbocycles. The Bertz CT molecular complexity index is 265. The second-order valence-corrected chi connectivity index (χ2v) is 3.93. The summed E-state index contributed by atoms with van der Waals surface area (Å²) in [6.07, 6.45) is 5.36. The standard InChI is InChI=1S/C10H16ClN3/c1-3-10(2,5-6-11)14-9-12-7-4-8-13-9/h4,7-8H,3,5-6H2,1-2H3,(H,12,13,14). The Kier molecular flexibility index (Phi) is 4.14. The van der Waals surface area contributed by atoms with Gasteiger partial charge in [0.2, 0.25) is 5.95 Å². The van der Waals surface area contributed by atoms with Crippen molar-refractivity contribution in [1.82, 2.24) is 9.97 Å². The molecule has 0 bridgehead atoms. The summed E-state index contributed by atoms with van der Waals surface area (Å²) in [5.74, 6) is 1.31. The third kappa shape index (κ3) is 3.14. The van der Waals surface area contributed by atoms with Crippen LogP contribution in [0, 0.1) is 0 Å². The molecule has 0 amide bonds. The van der Waals surface area contributed by atoms with E-state index in [2.05, 4.69) is 29.1 Å². The van der Waals surface area contributed by atoms with Gasteiger partial charge in [0.25, 0.3) is 0 Å². The Morgan fingerprint density at radius 1 is 1.43 bits per heavy atom. The van der Waals surface area contributed by atoms with E-state index in [0.717, 1.165) is 12.8 Å². The third-order valence-electron chi connectivity index (χ3n) is 2.41. The van der Waals surface area contributed by atoms with E-state index < -0.39 is 0 Å². The van der Waals surface area contributed by atoms with Crippen LogP contribution in [0.1, 0.15) is 26.7 Å². The van der Waals surface area contributed by atoms with Gasteiger partial charge in [-0.25, -0.2) is 9.97 Å². The lowest BCUT2D eigenvalue weighted by atomic mass is 9.96. The van der Waals surface area contributed by atoms with Crippen molar-refractivity contribution in [3.8, 4) is 0 Å². The smallest absolute Gasteiger partial charge is 0.222 e. The first-order valence-electron chi connectivity index (χ1n) is 4.81. The van der Waals surface area contributed by atoms with Crippen molar-refractivity contribution < 1.29 is 0 Å². The third-order valence-corrected chi connectivity index (χ3v) is 2.59. The minimum atomic E-state index is -0.0108. The largest absolute Gasteiger partial charge is 0.349 e. The predicted octanol–water partition coefficient (Wildman–Crippen LogP) is 2.69. The number of alkyl halides is 1. The van der Waals surface area contributed by atoms with Gasteiger partial charge in [-0.05, 0) is 25.8 Å². The maximum atomic E-state index is 5.75. The summed E-state index contributed by atoms with van der Waals surface area (Å²) in [6, 6.07) is 1.80. The van der Waals surface area contributed by atoms with Crippen LogP contribution in [0.4, 0.5) is 5.95 Å². The lowest BCUT2D eigenvalue weighted by Crippen LogP contribution is -2.35. The van der Waals surface area contributed by atoms with Crippen LogP contribution in [0.2, 0.25) is 0 Å². The van der Waals surface area contributed by atoms with Crippen LogP contribution in [0.25, 0.3) is 0 Å². The molecule has 0 spiro atoms. The fourth-order valence-electron chi connectivity index (χ4n) is 1.17. The van der Waals surface area contributed by atoms with Crippen LogP contribution in [-0.2, 0) is 0 Å². The van der Waals surface area contributed by atoms with Gasteiger partial charge in [0.05, 0.1) is 0 Å². The maximum absolute atomic E-state index is 5.75. The zero-order valence-corrected chi connectivity index (χ0v) is 9.38. The Labute approximate surface area is 89.9 Å². The summed E-state index contributed by atoms with van der Waals surface area (Å²) in [7, 11) is 0. The van der Waals surface area contributed by atoms with E-state index in [1.165, 1.54) is 0 Å². The highest BCUT2D eigenvalue weighted by molar-refractivity contribution is 6.17. The molecule has 0 radical (unpaired) electrons. The van der Waals surface area contributed by atoms with Crippen LogP contribution in [0.15, 0.2) is 18.5 Å². The minimum absolute atomic E-state index is 0.0108. The van der Waals surface area contributed by atoms with E-state index in [0.29, 0.717) is 11.8 Å². The van der Waals surface area contributed by atoms with Gasteiger partial charge in [-0.3, -0.25) is 0 Å². The summed E-state index contributed by atoms with van der Waals surface area (Å²) < 4.78 is 0.